The van der Waals surface area contributed by atoms with Gasteiger partial charge in [0.25, 0.3) is 5.91 Å². The molecule has 1 aromatic carbocycles. The Hall–Kier alpha value is -2.76. The van der Waals surface area contributed by atoms with Crippen LogP contribution in [0.1, 0.15) is 55.6 Å². The van der Waals surface area contributed by atoms with Crippen molar-refractivity contribution in [3.8, 4) is 5.75 Å². The first-order valence-electron chi connectivity index (χ1n) is 9.82. The number of benzene rings is 1. The zero-order valence-electron chi connectivity index (χ0n) is 16.7. The smallest absolute Gasteiger partial charge is 0.257 e. The quantitative estimate of drug-likeness (QED) is 0.822. The molecule has 6 nitrogen and oxygen atoms in total. The van der Waals surface area contributed by atoms with Crippen LogP contribution in [0.15, 0.2) is 47.3 Å². The van der Waals surface area contributed by atoms with E-state index >= 15 is 0 Å². The Bertz CT molecular complexity index is 775. The number of hydrogen-bond acceptors (Lipinski definition) is 4. The summed E-state index contributed by atoms with van der Waals surface area (Å²) in [4.78, 5) is 26.8. The molecular formula is C22H28N2O4. The largest absolute Gasteiger partial charge is 0.491 e. The van der Waals surface area contributed by atoms with Crippen molar-refractivity contribution in [3.63, 3.8) is 0 Å². The molecule has 1 aliphatic rings. The molecule has 1 N–H and O–H groups in total. The molecule has 1 unspecified atom stereocenters. The maximum atomic E-state index is 12.6. The summed E-state index contributed by atoms with van der Waals surface area (Å²) >= 11 is 0. The van der Waals surface area contributed by atoms with Crippen LogP contribution >= 0.6 is 0 Å². The molecule has 150 valence electrons. The molecule has 3 rings (SSSR count). The number of hydrogen-bond donors (Lipinski definition) is 1. The maximum Gasteiger partial charge on any atom is 0.257 e. The molecular weight excluding hydrogens is 356 g/mol. The topological polar surface area (TPSA) is 71.8 Å². The highest BCUT2D eigenvalue weighted by Crippen LogP contribution is 2.22. The molecule has 0 aliphatic carbocycles. The molecule has 1 saturated heterocycles. The molecule has 0 spiro atoms. The van der Waals surface area contributed by atoms with E-state index in [1.807, 2.05) is 45.0 Å². The summed E-state index contributed by atoms with van der Waals surface area (Å²) in [5.41, 5.74) is 1.60. The van der Waals surface area contributed by atoms with Crippen LogP contribution in [0.4, 0.5) is 0 Å². The lowest BCUT2D eigenvalue weighted by atomic mass is 9.95. The molecule has 2 amide bonds. The van der Waals surface area contributed by atoms with Gasteiger partial charge in [-0.25, -0.2) is 0 Å². The van der Waals surface area contributed by atoms with Gasteiger partial charge in [-0.2, -0.15) is 0 Å². The van der Waals surface area contributed by atoms with Crippen LogP contribution in [-0.4, -0.2) is 35.9 Å². The van der Waals surface area contributed by atoms with E-state index in [1.54, 1.807) is 11.0 Å². The first-order chi connectivity index (χ1) is 13.4. The Labute approximate surface area is 165 Å². The van der Waals surface area contributed by atoms with Gasteiger partial charge in [0.1, 0.15) is 12.0 Å². The minimum Gasteiger partial charge on any atom is -0.491 e. The zero-order valence-corrected chi connectivity index (χ0v) is 16.7. The van der Waals surface area contributed by atoms with Gasteiger partial charge >= 0.3 is 0 Å². The van der Waals surface area contributed by atoms with Crippen LogP contribution in [0.3, 0.4) is 0 Å². The number of amides is 2. The van der Waals surface area contributed by atoms with Crippen LogP contribution < -0.4 is 10.1 Å². The summed E-state index contributed by atoms with van der Waals surface area (Å²) in [6.07, 6.45) is 4.43. The van der Waals surface area contributed by atoms with Gasteiger partial charge in [0.2, 0.25) is 5.91 Å². The Morgan fingerprint density at radius 2 is 1.79 bits per heavy atom. The fraction of sp³-hybridized carbons (Fsp3) is 0.455. The van der Waals surface area contributed by atoms with Gasteiger partial charge in [-0.05, 0) is 57.4 Å². The van der Waals surface area contributed by atoms with Crippen molar-refractivity contribution >= 4 is 11.8 Å². The van der Waals surface area contributed by atoms with Crippen molar-refractivity contribution in [3.05, 3.63) is 54.0 Å². The number of furan rings is 1. The third kappa shape index (κ3) is 4.94. The fourth-order valence-electron chi connectivity index (χ4n) is 3.44. The van der Waals surface area contributed by atoms with Gasteiger partial charge < -0.3 is 19.4 Å². The molecule has 0 radical (unpaired) electrons. The number of rotatable bonds is 6. The van der Waals surface area contributed by atoms with Crippen LogP contribution in [0.25, 0.3) is 0 Å². The average Bonchev–Trinajstić information content (AvgIpc) is 3.22. The van der Waals surface area contributed by atoms with Crippen molar-refractivity contribution in [2.24, 2.45) is 5.92 Å². The first kappa shape index (κ1) is 20.0. The van der Waals surface area contributed by atoms with Crippen molar-refractivity contribution in [2.45, 2.75) is 45.8 Å². The van der Waals surface area contributed by atoms with Crippen molar-refractivity contribution in [1.29, 1.82) is 0 Å². The Balaban J connectivity index is 1.49. The van der Waals surface area contributed by atoms with E-state index in [0.29, 0.717) is 31.5 Å². The van der Waals surface area contributed by atoms with Crippen LogP contribution in [0.5, 0.6) is 5.75 Å². The number of carbonyl (C=O) groups is 2. The summed E-state index contributed by atoms with van der Waals surface area (Å²) < 4.78 is 10.6. The van der Waals surface area contributed by atoms with Gasteiger partial charge in [0.15, 0.2) is 0 Å². The molecule has 1 aliphatic heterocycles. The maximum absolute atomic E-state index is 12.6. The predicted octanol–water partition coefficient (Wildman–Crippen LogP) is 3.80. The number of nitrogens with one attached hydrogen (secondary N) is 1. The van der Waals surface area contributed by atoms with Crippen molar-refractivity contribution < 1.29 is 18.7 Å². The molecule has 2 heterocycles. The zero-order chi connectivity index (χ0) is 20.1. The standard InChI is InChI=1S/C22H28N2O4/c1-15(2)28-20-6-4-17(5-7-20)16(3)23-21(25)18-8-11-24(12-9-18)22(26)19-10-13-27-14-19/h4-7,10,13-16,18H,8-9,11-12H2,1-3H3,(H,23,25). The highest BCUT2D eigenvalue weighted by molar-refractivity contribution is 5.94. The number of carbonyl (C=O) groups excluding carboxylic acids is 2. The summed E-state index contributed by atoms with van der Waals surface area (Å²) in [5.74, 6) is 0.765. The summed E-state index contributed by atoms with van der Waals surface area (Å²) in [5, 5.41) is 3.10. The Kier molecular flexibility index (Phi) is 6.39. The lowest BCUT2D eigenvalue weighted by Gasteiger charge is -2.31. The normalized spacial score (nSPS) is 16.1. The fourth-order valence-corrected chi connectivity index (χ4v) is 3.44. The van der Waals surface area contributed by atoms with Gasteiger partial charge in [0.05, 0.1) is 24.0 Å². The number of nitrogens with zero attached hydrogens (tertiary/aromatic N) is 1. The minimum absolute atomic E-state index is 0.0373. The highest BCUT2D eigenvalue weighted by Gasteiger charge is 2.28. The molecule has 1 fully saturated rings. The van der Waals surface area contributed by atoms with Crippen LogP contribution in [0, 0.1) is 5.92 Å². The Morgan fingerprint density at radius 1 is 1.11 bits per heavy atom. The molecule has 0 saturated carbocycles. The van der Waals surface area contributed by atoms with E-state index in [1.165, 1.54) is 12.5 Å². The molecule has 2 aromatic rings. The monoisotopic (exact) mass is 384 g/mol. The Morgan fingerprint density at radius 3 is 2.36 bits per heavy atom. The molecule has 0 bridgehead atoms. The van der Waals surface area contributed by atoms with Gasteiger partial charge in [0, 0.05) is 19.0 Å². The van der Waals surface area contributed by atoms with E-state index in [0.717, 1.165) is 11.3 Å². The van der Waals surface area contributed by atoms with E-state index in [-0.39, 0.29) is 29.9 Å². The number of ether oxygens (including phenoxy) is 1. The van der Waals surface area contributed by atoms with Gasteiger partial charge in [-0.3, -0.25) is 9.59 Å². The minimum atomic E-state index is -0.0776. The second-order valence-electron chi connectivity index (χ2n) is 7.54. The molecule has 1 atom stereocenters. The first-order valence-corrected chi connectivity index (χ1v) is 9.82. The molecule has 6 heteroatoms. The number of piperidine rings is 1. The van der Waals surface area contributed by atoms with Crippen molar-refractivity contribution in [2.75, 3.05) is 13.1 Å². The van der Waals surface area contributed by atoms with E-state index in [2.05, 4.69) is 5.32 Å². The summed E-state index contributed by atoms with van der Waals surface area (Å²) in [6.45, 7) is 7.12. The van der Waals surface area contributed by atoms with Crippen LogP contribution in [0.2, 0.25) is 0 Å². The second kappa shape index (κ2) is 8.95. The van der Waals surface area contributed by atoms with Gasteiger partial charge in [-0.1, -0.05) is 12.1 Å². The van der Waals surface area contributed by atoms with Gasteiger partial charge in [-0.15, -0.1) is 0 Å². The lowest BCUT2D eigenvalue weighted by Crippen LogP contribution is -2.43. The lowest BCUT2D eigenvalue weighted by molar-refractivity contribution is -0.127. The second-order valence-corrected chi connectivity index (χ2v) is 7.54. The summed E-state index contributed by atoms with van der Waals surface area (Å²) in [7, 11) is 0. The third-order valence-electron chi connectivity index (χ3n) is 5.03. The average molecular weight is 384 g/mol. The SMILES string of the molecule is CC(C)Oc1ccc(C(C)NC(=O)C2CCN(C(=O)c3ccoc3)CC2)cc1. The molecule has 1 aromatic heterocycles. The predicted molar refractivity (Wildman–Crippen MR) is 106 cm³/mol. The van der Waals surface area contributed by atoms with Crippen molar-refractivity contribution in [1.82, 2.24) is 10.2 Å². The highest BCUT2D eigenvalue weighted by atomic mass is 16.5. The third-order valence-corrected chi connectivity index (χ3v) is 5.03. The van der Waals surface area contributed by atoms with E-state index in [4.69, 9.17) is 9.15 Å². The number of likely N-dealkylation sites (tertiary alicyclic amines) is 1. The molecule has 28 heavy (non-hydrogen) atoms. The van der Waals surface area contributed by atoms with E-state index < -0.39 is 0 Å². The van der Waals surface area contributed by atoms with Crippen LogP contribution in [-0.2, 0) is 4.79 Å². The summed E-state index contributed by atoms with van der Waals surface area (Å²) in [6, 6.07) is 9.41. The van der Waals surface area contributed by atoms with E-state index in [9.17, 15) is 9.59 Å².